The van der Waals surface area contributed by atoms with E-state index in [2.05, 4.69) is 4.99 Å². The van der Waals surface area contributed by atoms with Gasteiger partial charge in [0.2, 0.25) is 0 Å². The van der Waals surface area contributed by atoms with E-state index in [0.29, 0.717) is 108 Å². The molecular formula is C50H95N3O13. The van der Waals surface area contributed by atoms with Crippen LogP contribution < -0.4 is 11.5 Å². The van der Waals surface area contributed by atoms with E-state index in [4.69, 9.17) is 16.2 Å². The lowest BCUT2D eigenvalue weighted by molar-refractivity contribution is -0.165. The predicted octanol–water partition coefficient (Wildman–Crippen LogP) is 3.78. The number of aliphatic hydroxyl groups is 11. The number of carbonyl (C=O) groups excluding carboxylic acids is 1. The van der Waals surface area contributed by atoms with E-state index in [1.807, 2.05) is 40.7 Å². The number of carbonyl (C=O) groups is 1. The number of nitrogens with two attached hydrogens (primary N) is 2. The largest absolute Gasteiger partial charge is 0.462 e. The molecule has 16 nitrogen and oxygen atoms in total. The first kappa shape index (κ1) is 61.8. The molecule has 0 aliphatic carbocycles. The van der Waals surface area contributed by atoms with Gasteiger partial charge in [-0.25, -0.2) is 0 Å². The minimum atomic E-state index is -1.38. The van der Waals surface area contributed by atoms with Crippen LogP contribution in [-0.4, -0.2) is 148 Å². The first-order chi connectivity index (χ1) is 31.0. The van der Waals surface area contributed by atoms with Crippen LogP contribution in [0.2, 0.25) is 0 Å². The van der Waals surface area contributed by atoms with Crippen molar-refractivity contribution in [2.75, 3.05) is 6.54 Å². The fraction of sp³-hybridized carbons (Fsp3) is 0.880. The SMILES string of the molecule is CCCCC1C(=O)OC(CCCN=C(N)N)C(C)C(O)C(C)/C=C(\C)CCCCC(O)CC(O)CC(O)CC(O)CC(O)C(O)/C=C(\C)C(O)CCCC(O)CCCC(O)CCC(C)C1O. The Hall–Kier alpha value is -2.22. The normalized spacial score (nSPS) is 38.3. The van der Waals surface area contributed by atoms with Crippen LogP contribution in [0.3, 0.4) is 0 Å². The molecule has 0 saturated carbocycles. The molecule has 15 N–H and O–H groups in total. The molecule has 1 heterocycles. The minimum absolute atomic E-state index is 0.0367. The van der Waals surface area contributed by atoms with Crippen molar-refractivity contribution in [1.82, 2.24) is 0 Å². The van der Waals surface area contributed by atoms with Crippen LogP contribution in [0.5, 0.6) is 0 Å². The van der Waals surface area contributed by atoms with Gasteiger partial charge in [-0.05, 0) is 134 Å². The lowest BCUT2D eigenvalue weighted by Crippen LogP contribution is -2.41. The van der Waals surface area contributed by atoms with Gasteiger partial charge in [-0.15, -0.1) is 0 Å². The molecule has 0 fully saturated rings. The number of cyclic esters (lactones) is 1. The van der Waals surface area contributed by atoms with Crippen LogP contribution >= 0.6 is 0 Å². The molecule has 388 valence electrons. The number of allylic oxidation sites excluding steroid dienone is 1. The van der Waals surface area contributed by atoms with Crippen LogP contribution in [0.15, 0.2) is 28.3 Å². The summed E-state index contributed by atoms with van der Waals surface area (Å²) in [5.74, 6) is -2.49. The number of rotatable bonds is 7. The highest BCUT2D eigenvalue weighted by Crippen LogP contribution is 2.30. The summed E-state index contributed by atoms with van der Waals surface area (Å²) in [6, 6.07) is 0. The summed E-state index contributed by atoms with van der Waals surface area (Å²) >= 11 is 0. The standard InChI is InChI=1S/C50H95N3O13/c1-7-8-19-42-48(64)32(3)22-23-37(55)17-11-16-36(54)18-12-20-43(60)33(4)26-44(61)45(62)30-41(59)29-40(58)28-39(57)27-38(56)15-10-9-14-31(2)25-34(5)47(63)35(6)46(66-49(42)65)21-13-24-53-50(51)52/h25-26,32,34-48,54-64H,7-24,27-30H2,1-6H3,(H4,51,52,53)/b31-25+,33-26+. The Morgan fingerprint density at radius 3 is 1.82 bits per heavy atom. The number of hydrogen-bond donors (Lipinski definition) is 13. The molecule has 0 aromatic heterocycles. The van der Waals surface area contributed by atoms with Crippen molar-refractivity contribution in [2.24, 2.45) is 40.1 Å². The highest BCUT2D eigenvalue weighted by molar-refractivity contribution is 5.75. The van der Waals surface area contributed by atoms with Crippen molar-refractivity contribution >= 4 is 11.9 Å². The van der Waals surface area contributed by atoms with Crippen LogP contribution in [0.4, 0.5) is 0 Å². The third-order valence-corrected chi connectivity index (χ3v) is 13.5. The topological polar surface area (TPSA) is 313 Å². The fourth-order valence-electron chi connectivity index (χ4n) is 9.06. The van der Waals surface area contributed by atoms with Crippen molar-refractivity contribution in [2.45, 2.75) is 250 Å². The van der Waals surface area contributed by atoms with E-state index < -0.39 is 91.1 Å². The number of hydrogen-bond acceptors (Lipinski definition) is 14. The molecule has 0 aromatic carbocycles. The maximum absolute atomic E-state index is 14.0. The number of guanidine groups is 1. The van der Waals surface area contributed by atoms with Gasteiger partial charge in [0.05, 0.1) is 73.1 Å². The summed E-state index contributed by atoms with van der Waals surface area (Å²) in [6.45, 7) is 11.5. The Bertz CT molecular complexity index is 1380. The fourth-order valence-corrected chi connectivity index (χ4v) is 9.06. The van der Waals surface area contributed by atoms with Gasteiger partial charge in [0, 0.05) is 24.8 Å². The third-order valence-electron chi connectivity index (χ3n) is 13.5. The maximum Gasteiger partial charge on any atom is 0.311 e. The molecule has 0 amide bonds. The van der Waals surface area contributed by atoms with Crippen LogP contribution in [0.25, 0.3) is 0 Å². The second-order valence-corrected chi connectivity index (χ2v) is 19.9. The molecule has 66 heavy (non-hydrogen) atoms. The zero-order valence-corrected chi connectivity index (χ0v) is 41.3. The summed E-state index contributed by atoms with van der Waals surface area (Å²) in [7, 11) is 0. The van der Waals surface area contributed by atoms with Crippen molar-refractivity contribution in [3.8, 4) is 0 Å². The zero-order chi connectivity index (χ0) is 49.9. The van der Waals surface area contributed by atoms with Crippen molar-refractivity contribution in [3.63, 3.8) is 0 Å². The average molecular weight is 946 g/mol. The van der Waals surface area contributed by atoms with Gasteiger partial charge in [0.1, 0.15) is 6.10 Å². The highest BCUT2D eigenvalue weighted by atomic mass is 16.5. The van der Waals surface area contributed by atoms with Gasteiger partial charge in [-0.2, -0.15) is 0 Å². The molecule has 0 bridgehead atoms. The summed E-state index contributed by atoms with van der Waals surface area (Å²) in [6.07, 6.45) is 0.00386. The molecule has 16 atom stereocenters. The van der Waals surface area contributed by atoms with E-state index in [9.17, 15) is 61.0 Å². The second-order valence-electron chi connectivity index (χ2n) is 19.9. The molecule has 0 aromatic rings. The van der Waals surface area contributed by atoms with E-state index in [-0.39, 0.29) is 43.5 Å². The first-order valence-electron chi connectivity index (χ1n) is 25.2. The molecular weight excluding hydrogens is 851 g/mol. The lowest BCUT2D eigenvalue weighted by atomic mass is 9.84. The molecule has 16 unspecified atom stereocenters. The van der Waals surface area contributed by atoms with Crippen molar-refractivity contribution in [1.29, 1.82) is 0 Å². The van der Waals surface area contributed by atoms with Gasteiger partial charge < -0.3 is 72.4 Å². The van der Waals surface area contributed by atoms with Crippen molar-refractivity contribution in [3.05, 3.63) is 23.3 Å². The Labute approximate surface area is 396 Å². The monoisotopic (exact) mass is 946 g/mol. The minimum Gasteiger partial charge on any atom is -0.462 e. The Kier molecular flexibility index (Phi) is 32.0. The van der Waals surface area contributed by atoms with E-state index >= 15 is 0 Å². The number of nitrogens with zero attached hydrogens (tertiary/aromatic N) is 1. The van der Waals surface area contributed by atoms with Gasteiger partial charge in [0.15, 0.2) is 5.96 Å². The van der Waals surface area contributed by atoms with E-state index in [1.54, 1.807) is 6.92 Å². The zero-order valence-electron chi connectivity index (χ0n) is 41.3. The smallest absolute Gasteiger partial charge is 0.311 e. The lowest BCUT2D eigenvalue weighted by Gasteiger charge is -2.33. The number of ether oxygens (including phenoxy) is 1. The number of unbranched alkanes of at least 4 members (excludes halogenated alkanes) is 1. The molecule has 1 aliphatic heterocycles. The van der Waals surface area contributed by atoms with Gasteiger partial charge >= 0.3 is 5.97 Å². The van der Waals surface area contributed by atoms with Gasteiger partial charge in [-0.3, -0.25) is 9.79 Å². The van der Waals surface area contributed by atoms with E-state index in [0.717, 1.165) is 18.4 Å². The number of aliphatic hydroxyl groups excluding tert-OH is 11. The maximum atomic E-state index is 14.0. The first-order valence-corrected chi connectivity index (χ1v) is 25.2. The van der Waals surface area contributed by atoms with Gasteiger partial charge in [0.25, 0.3) is 0 Å². The predicted molar refractivity (Wildman–Crippen MR) is 258 cm³/mol. The quantitative estimate of drug-likeness (QED) is 0.0568. The van der Waals surface area contributed by atoms with E-state index in [1.165, 1.54) is 6.08 Å². The summed E-state index contributed by atoms with van der Waals surface area (Å²) < 4.78 is 6.20. The number of aliphatic imine (C=N–C) groups is 1. The average Bonchev–Trinajstić information content (AvgIpc) is 3.23. The third kappa shape index (κ3) is 26.5. The summed E-state index contributed by atoms with van der Waals surface area (Å²) in [5, 5.41) is 119. The molecule has 1 aliphatic rings. The molecule has 1 rings (SSSR count). The molecule has 0 spiro atoms. The Morgan fingerprint density at radius 2 is 1.21 bits per heavy atom. The number of esters is 1. The molecule has 0 saturated heterocycles. The van der Waals surface area contributed by atoms with Crippen LogP contribution in [-0.2, 0) is 9.53 Å². The summed E-state index contributed by atoms with van der Waals surface area (Å²) in [5.41, 5.74) is 12.6. The Balaban J connectivity index is 3.22. The molecule has 16 heteroatoms. The second kappa shape index (κ2) is 34.1. The highest BCUT2D eigenvalue weighted by Gasteiger charge is 2.36. The van der Waals surface area contributed by atoms with Crippen molar-refractivity contribution < 1.29 is 65.7 Å². The summed E-state index contributed by atoms with van der Waals surface area (Å²) in [4.78, 5) is 18.1. The Morgan fingerprint density at radius 1 is 0.652 bits per heavy atom. The van der Waals surface area contributed by atoms with Crippen LogP contribution in [0, 0.1) is 23.7 Å². The van der Waals surface area contributed by atoms with Gasteiger partial charge in [-0.1, -0.05) is 64.7 Å². The van der Waals surface area contributed by atoms with Crippen LogP contribution in [0.1, 0.15) is 176 Å². The molecule has 0 radical (unpaired) electrons.